The number of rotatable bonds is 3. The van der Waals surface area contributed by atoms with E-state index in [4.69, 9.17) is 4.74 Å². The number of pyridine rings is 1. The first-order valence-electron chi connectivity index (χ1n) is 5.21. The standard InChI is InChI=1S/C12H14N2O2/c1-8(15)14-12-10(4-3-7-13-12)11(16-2)9-5-6-9/h3-4,7H,5-6H2,1-2H3,(H,13,14,15). The lowest BCUT2D eigenvalue weighted by Crippen LogP contribution is -2.09. The van der Waals surface area contributed by atoms with E-state index in [2.05, 4.69) is 10.3 Å². The van der Waals surface area contributed by atoms with Crippen LogP contribution in [-0.4, -0.2) is 18.0 Å². The lowest BCUT2D eigenvalue weighted by Gasteiger charge is -2.10. The Hall–Kier alpha value is -1.84. The molecule has 16 heavy (non-hydrogen) atoms. The summed E-state index contributed by atoms with van der Waals surface area (Å²) in [6, 6.07) is 3.74. The van der Waals surface area contributed by atoms with Crippen LogP contribution in [0.25, 0.3) is 5.76 Å². The van der Waals surface area contributed by atoms with Gasteiger partial charge < -0.3 is 10.1 Å². The number of ether oxygens (including phenoxy) is 1. The van der Waals surface area contributed by atoms with E-state index in [0.717, 1.165) is 24.2 Å². The fourth-order valence-electron chi connectivity index (χ4n) is 1.59. The summed E-state index contributed by atoms with van der Waals surface area (Å²) < 4.78 is 5.37. The largest absolute Gasteiger partial charge is 0.496 e. The zero-order chi connectivity index (χ0) is 11.5. The molecule has 84 valence electrons. The fourth-order valence-corrected chi connectivity index (χ4v) is 1.59. The van der Waals surface area contributed by atoms with Crippen LogP contribution in [0, 0.1) is 0 Å². The molecular formula is C12H14N2O2. The van der Waals surface area contributed by atoms with Crippen molar-refractivity contribution in [2.24, 2.45) is 0 Å². The van der Waals surface area contributed by atoms with E-state index >= 15 is 0 Å². The summed E-state index contributed by atoms with van der Waals surface area (Å²) in [5.41, 5.74) is 2.13. The van der Waals surface area contributed by atoms with Crippen LogP contribution in [0.3, 0.4) is 0 Å². The van der Waals surface area contributed by atoms with Crippen molar-refractivity contribution in [2.45, 2.75) is 19.8 Å². The van der Waals surface area contributed by atoms with Gasteiger partial charge in [-0.3, -0.25) is 4.79 Å². The van der Waals surface area contributed by atoms with Crippen molar-refractivity contribution in [1.29, 1.82) is 0 Å². The minimum Gasteiger partial charge on any atom is -0.496 e. The zero-order valence-corrected chi connectivity index (χ0v) is 9.41. The van der Waals surface area contributed by atoms with Crippen LogP contribution < -0.4 is 5.32 Å². The second-order valence-electron chi connectivity index (χ2n) is 3.72. The Balaban J connectivity index is 2.39. The lowest BCUT2D eigenvalue weighted by molar-refractivity contribution is -0.114. The van der Waals surface area contributed by atoms with Crippen LogP contribution >= 0.6 is 0 Å². The molecule has 1 aromatic heterocycles. The van der Waals surface area contributed by atoms with E-state index in [0.29, 0.717) is 5.82 Å². The number of anilines is 1. The molecule has 0 aromatic carbocycles. The molecule has 2 rings (SSSR count). The number of aromatic nitrogens is 1. The molecule has 1 saturated carbocycles. The van der Waals surface area contributed by atoms with E-state index in [9.17, 15) is 4.79 Å². The smallest absolute Gasteiger partial charge is 0.222 e. The van der Waals surface area contributed by atoms with Crippen LogP contribution in [-0.2, 0) is 9.53 Å². The number of nitrogens with one attached hydrogen (secondary N) is 1. The number of allylic oxidation sites excluding steroid dienone is 1. The van der Waals surface area contributed by atoms with Crippen LogP contribution in [0.5, 0.6) is 0 Å². The molecule has 1 aromatic rings. The molecule has 1 amide bonds. The van der Waals surface area contributed by atoms with Gasteiger partial charge in [-0.15, -0.1) is 0 Å². The number of nitrogens with zero attached hydrogens (tertiary/aromatic N) is 1. The van der Waals surface area contributed by atoms with Gasteiger partial charge in [0.2, 0.25) is 5.91 Å². The Morgan fingerprint density at radius 2 is 2.25 bits per heavy atom. The van der Waals surface area contributed by atoms with E-state index in [1.165, 1.54) is 12.5 Å². The third-order valence-electron chi connectivity index (χ3n) is 2.37. The third kappa shape index (κ3) is 2.21. The van der Waals surface area contributed by atoms with E-state index in [1.807, 2.05) is 12.1 Å². The molecule has 0 bridgehead atoms. The average molecular weight is 218 g/mol. The highest BCUT2D eigenvalue weighted by Gasteiger charge is 2.22. The first-order valence-corrected chi connectivity index (χ1v) is 5.21. The number of methoxy groups -OCH3 is 1. The van der Waals surface area contributed by atoms with E-state index < -0.39 is 0 Å². The number of carbonyl (C=O) groups is 1. The minimum absolute atomic E-state index is 0.129. The van der Waals surface area contributed by atoms with Gasteiger partial charge in [0.1, 0.15) is 11.6 Å². The van der Waals surface area contributed by atoms with Gasteiger partial charge >= 0.3 is 0 Å². The van der Waals surface area contributed by atoms with Crippen molar-refractivity contribution in [1.82, 2.24) is 4.98 Å². The topological polar surface area (TPSA) is 51.2 Å². The van der Waals surface area contributed by atoms with Crippen molar-refractivity contribution >= 4 is 17.5 Å². The first-order chi connectivity index (χ1) is 7.72. The third-order valence-corrected chi connectivity index (χ3v) is 2.37. The molecule has 1 aliphatic carbocycles. The molecule has 0 atom stereocenters. The van der Waals surface area contributed by atoms with Gasteiger partial charge in [-0.2, -0.15) is 0 Å². The first kappa shape index (κ1) is 10.7. The normalized spacial score (nSPS) is 13.2. The summed E-state index contributed by atoms with van der Waals surface area (Å²) in [7, 11) is 1.64. The number of hydrogen-bond acceptors (Lipinski definition) is 3. The molecule has 1 aliphatic rings. The summed E-state index contributed by atoms with van der Waals surface area (Å²) in [5, 5.41) is 2.71. The molecule has 0 saturated heterocycles. The molecule has 0 spiro atoms. The van der Waals surface area contributed by atoms with Gasteiger partial charge in [0.15, 0.2) is 0 Å². The van der Waals surface area contributed by atoms with Crippen molar-refractivity contribution in [3.05, 3.63) is 29.5 Å². The van der Waals surface area contributed by atoms with Crippen molar-refractivity contribution in [3.8, 4) is 0 Å². The Morgan fingerprint density at radius 3 is 2.81 bits per heavy atom. The van der Waals surface area contributed by atoms with Crippen molar-refractivity contribution < 1.29 is 9.53 Å². The highest BCUT2D eigenvalue weighted by Crippen LogP contribution is 2.38. The molecule has 4 nitrogen and oxygen atoms in total. The van der Waals surface area contributed by atoms with Crippen molar-refractivity contribution in [2.75, 3.05) is 12.4 Å². The monoisotopic (exact) mass is 218 g/mol. The quantitative estimate of drug-likeness (QED) is 0.791. The van der Waals surface area contributed by atoms with Gasteiger partial charge in [-0.1, -0.05) is 0 Å². The Labute approximate surface area is 94.3 Å². The Kier molecular flexibility index (Phi) is 2.90. The molecule has 0 radical (unpaired) electrons. The van der Waals surface area contributed by atoms with Crippen LogP contribution in [0.1, 0.15) is 25.3 Å². The SMILES string of the molecule is COC(=C1CC1)c1cccnc1NC(C)=O. The van der Waals surface area contributed by atoms with Gasteiger partial charge in [-0.25, -0.2) is 4.98 Å². The van der Waals surface area contributed by atoms with Gasteiger partial charge in [-0.05, 0) is 30.5 Å². The molecule has 1 fully saturated rings. The van der Waals surface area contributed by atoms with Gasteiger partial charge in [0.25, 0.3) is 0 Å². The number of carbonyl (C=O) groups excluding carboxylic acids is 1. The predicted molar refractivity (Wildman–Crippen MR) is 61.7 cm³/mol. The molecule has 1 heterocycles. The molecule has 1 N–H and O–H groups in total. The van der Waals surface area contributed by atoms with Crippen LogP contribution in [0.4, 0.5) is 5.82 Å². The van der Waals surface area contributed by atoms with Crippen LogP contribution in [0.15, 0.2) is 23.9 Å². The summed E-state index contributed by atoms with van der Waals surface area (Å²) in [4.78, 5) is 15.2. The minimum atomic E-state index is -0.129. The summed E-state index contributed by atoms with van der Waals surface area (Å²) in [5.74, 6) is 1.28. The average Bonchev–Trinajstić information content (AvgIpc) is 3.05. The fraction of sp³-hybridized carbons (Fsp3) is 0.333. The maximum Gasteiger partial charge on any atom is 0.222 e. The second kappa shape index (κ2) is 4.35. The second-order valence-corrected chi connectivity index (χ2v) is 3.72. The molecule has 0 aliphatic heterocycles. The summed E-state index contributed by atoms with van der Waals surface area (Å²) in [6.45, 7) is 1.47. The highest BCUT2D eigenvalue weighted by atomic mass is 16.5. The van der Waals surface area contributed by atoms with E-state index in [1.54, 1.807) is 13.3 Å². The van der Waals surface area contributed by atoms with Crippen molar-refractivity contribution in [3.63, 3.8) is 0 Å². The predicted octanol–water partition coefficient (Wildman–Crippen LogP) is 2.19. The van der Waals surface area contributed by atoms with Gasteiger partial charge in [0.05, 0.1) is 12.7 Å². The van der Waals surface area contributed by atoms with Crippen LogP contribution in [0.2, 0.25) is 0 Å². The lowest BCUT2D eigenvalue weighted by atomic mass is 10.2. The van der Waals surface area contributed by atoms with Gasteiger partial charge in [0, 0.05) is 13.1 Å². The Morgan fingerprint density at radius 1 is 1.50 bits per heavy atom. The maximum absolute atomic E-state index is 11.1. The highest BCUT2D eigenvalue weighted by molar-refractivity contribution is 5.91. The number of hydrogen-bond donors (Lipinski definition) is 1. The zero-order valence-electron chi connectivity index (χ0n) is 9.41. The summed E-state index contributed by atoms with van der Waals surface area (Å²) in [6.07, 6.45) is 3.79. The maximum atomic E-state index is 11.1. The molecule has 0 unspecified atom stereocenters. The Bertz CT molecular complexity index is 446. The number of amides is 1. The summed E-state index contributed by atoms with van der Waals surface area (Å²) >= 11 is 0. The van der Waals surface area contributed by atoms with E-state index in [-0.39, 0.29) is 5.91 Å². The molecule has 4 heteroatoms. The molecular weight excluding hydrogens is 204 g/mol.